The Balaban J connectivity index is 1.58. The predicted octanol–water partition coefficient (Wildman–Crippen LogP) is 1.66. The van der Waals surface area contributed by atoms with Crippen molar-refractivity contribution >= 4 is 23.2 Å². The van der Waals surface area contributed by atoms with Crippen molar-refractivity contribution in [1.82, 2.24) is 24.5 Å². The van der Waals surface area contributed by atoms with Crippen molar-refractivity contribution in [1.29, 1.82) is 0 Å². The van der Waals surface area contributed by atoms with Gasteiger partial charge in [-0.25, -0.2) is 18.9 Å². The lowest BCUT2D eigenvalue weighted by Gasteiger charge is -2.21. The number of nitrogens with zero attached hydrogens (tertiary/aromatic N) is 6. The zero-order chi connectivity index (χ0) is 19.0. The zero-order valence-corrected chi connectivity index (χ0v) is 15.1. The van der Waals surface area contributed by atoms with E-state index in [-0.39, 0.29) is 5.82 Å². The lowest BCUT2D eigenvalue weighted by Crippen LogP contribution is -2.32. The fourth-order valence-corrected chi connectivity index (χ4v) is 3.19. The average molecular weight is 369 g/mol. The molecule has 3 aromatic rings. The summed E-state index contributed by atoms with van der Waals surface area (Å²) in [5.74, 6) is 0.203. The second kappa shape index (κ2) is 6.92. The molecule has 1 aliphatic rings. The van der Waals surface area contributed by atoms with Crippen LogP contribution in [0.4, 0.5) is 16.0 Å². The van der Waals surface area contributed by atoms with E-state index in [1.807, 2.05) is 12.1 Å². The molecule has 1 N–H and O–H groups in total. The number of carbonyl (C=O) groups excluding carboxylic acids is 1. The van der Waals surface area contributed by atoms with Crippen LogP contribution in [0.3, 0.4) is 0 Å². The van der Waals surface area contributed by atoms with Crippen LogP contribution in [0.5, 0.6) is 0 Å². The molecule has 1 saturated heterocycles. The van der Waals surface area contributed by atoms with Crippen molar-refractivity contribution in [2.45, 2.75) is 12.5 Å². The van der Waals surface area contributed by atoms with E-state index in [2.05, 4.69) is 44.3 Å². The summed E-state index contributed by atoms with van der Waals surface area (Å²) >= 11 is 0. The van der Waals surface area contributed by atoms with E-state index in [0.29, 0.717) is 17.4 Å². The number of carbonyl (C=O) groups is 1. The standard InChI is InChI=1S/C18H20FN7O/c1-24(2)13-7-8-25(11-13)17-6-5-16-21-10-14(26(16)23-17)18(27)22-15-4-3-12(19)9-20-15/h3-6,9-10,13H,7-8,11H2,1-2H3,(H,20,22,27)/t13-/m0/s1. The second-order valence-corrected chi connectivity index (χ2v) is 6.77. The molecule has 0 aliphatic carbocycles. The Bertz CT molecular complexity index is 970. The van der Waals surface area contributed by atoms with Gasteiger partial charge < -0.3 is 15.1 Å². The van der Waals surface area contributed by atoms with E-state index in [9.17, 15) is 9.18 Å². The lowest BCUT2D eigenvalue weighted by atomic mass is 10.2. The van der Waals surface area contributed by atoms with Crippen LogP contribution in [-0.2, 0) is 0 Å². The van der Waals surface area contributed by atoms with Gasteiger partial charge in [0.15, 0.2) is 11.3 Å². The van der Waals surface area contributed by atoms with Gasteiger partial charge in [-0.1, -0.05) is 0 Å². The number of hydrogen-bond acceptors (Lipinski definition) is 6. The van der Waals surface area contributed by atoms with E-state index in [4.69, 9.17) is 0 Å². The van der Waals surface area contributed by atoms with Crippen molar-refractivity contribution in [2.24, 2.45) is 0 Å². The number of halogens is 1. The molecule has 0 unspecified atom stereocenters. The molecule has 4 rings (SSSR count). The molecule has 27 heavy (non-hydrogen) atoms. The monoisotopic (exact) mass is 369 g/mol. The number of rotatable bonds is 4. The molecule has 1 amide bonds. The van der Waals surface area contributed by atoms with E-state index < -0.39 is 11.7 Å². The van der Waals surface area contributed by atoms with Crippen LogP contribution in [0.1, 0.15) is 16.9 Å². The number of fused-ring (bicyclic) bond motifs is 1. The molecule has 3 aromatic heterocycles. The maximum atomic E-state index is 13.0. The quantitative estimate of drug-likeness (QED) is 0.754. The Morgan fingerprint density at radius 2 is 2.07 bits per heavy atom. The third kappa shape index (κ3) is 3.45. The molecule has 1 fully saturated rings. The van der Waals surface area contributed by atoms with Crippen molar-refractivity contribution < 1.29 is 9.18 Å². The first-order valence-corrected chi connectivity index (χ1v) is 8.70. The summed E-state index contributed by atoms with van der Waals surface area (Å²) in [4.78, 5) is 25.1. The highest BCUT2D eigenvalue weighted by Crippen LogP contribution is 2.21. The van der Waals surface area contributed by atoms with E-state index in [1.54, 1.807) is 0 Å². The Kier molecular flexibility index (Phi) is 4.44. The Labute approximate surface area is 155 Å². The van der Waals surface area contributed by atoms with Gasteiger partial charge in [0, 0.05) is 19.1 Å². The van der Waals surface area contributed by atoms with Crippen molar-refractivity contribution in [2.75, 3.05) is 37.4 Å². The van der Waals surface area contributed by atoms with Gasteiger partial charge in [-0.05, 0) is 44.8 Å². The summed E-state index contributed by atoms with van der Waals surface area (Å²) in [6.45, 7) is 1.80. The molecule has 4 heterocycles. The largest absolute Gasteiger partial charge is 0.354 e. The molecule has 9 heteroatoms. The van der Waals surface area contributed by atoms with Gasteiger partial charge in [-0.15, -0.1) is 5.10 Å². The zero-order valence-electron chi connectivity index (χ0n) is 15.1. The van der Waals surface area contributed by atoms with E-state index in [1.165, 1.54) is 22.8 Å². The minimum atomic E-state index is -0.462. The molecule has 0 aromatic carbocycles. The first-order valence-electron chi connectivity index (χ1n) is 8.70. The number of amides is 1. The van der Waals surface area contributed by atoms with Crippen LogP contribution < -0.4 is 10.2 Å². The number of imidazole rings is 1. The van der Waals surface area contributed by atoms with E-state index in [0.717, 1.165) is 31.5 Å². The highest BCUT2D eigenvalue weighted by molar-refractivity contribution is 6.02. The number of aromatic nitrogens is 4. The first-order chi connectivity index (χ1) is 13.0. The number of pyridine rings is 1. The summed E-state index contributed by atoms with van der Waals surface area (Å²) in [6.07, 6.45) is 3.59. The third-order valence-electron chi connectivity index (χ3n) is 4.77. The number of anilines is 2. The Morgan fingerprint density at radius 3 is 2.78 bits per heavy atom. The van der Waals surface area contributed by atoms with Crippen molar-refractivity contribution in [3.05, 3.63) is 48.2 Å². The molecule has 1 aliphatic heterocycles. The molecule has 0 radical (unpaired) electrons. The van der Waals surface area contributed by atoms with Gasteiger partial charge in [0.25, 0.3) is 5.91 Å². The number of likely N-dealkylation sites (N-methyl/N-ethyl adjacent to an activating group) is 1. The minimum absolute atomic E-state index is 0.265. The first kappa shape index (κ1) is 17.3. The fourth-order valence-electron chi connectivity index (χ4n) is 3.19. The van der Waals surface area contributed by atoms with Gasteiger partial charge in [0.2, 0.25) is 0 Å². The van der Waals surface area contributed by atoms with Gasteiger partial charge in [-0.3, -0.25) is 4.79 Å². The number of nitrogens with one attached hydrogen (secondary N) is 1. The van der Waals surface area contributed by atoms with Crippen LogP contribution >= 0.6 is 0 Å². The molecule has 8 nitrogen and oxygen atoms in total. The molecule has 140 valence electrons. The van der Waals surface area contributed by atoms with Gasteiger partial charge >= 0.3 is 0 Å². The SMILES string of the molecule is CN(C)[C@H]1CCN(c2ccc3ncc(C(=O)Nc4ccc(F)cn4)n3n2)C1. The smallest absolute Gasteiger partial charge is 0.277 e. The Morgan fingerprint density at radius 1 is 1.22 bits per heavy atom. The normalized spacial score (nSPS) is 17.0. The van der Waals surface area contributed by atoms with Gasteiger partial charge in [-0.2, -0.15) is 0 Å². The highest BCUT2D eigenvalue weighted by atomic mass is 19.1. The van der Waals surface area contributed by atoms with Crippen molar-refractivity contribution in [3.63, 3.8) is 0 Å². The van der Waals surface area contributed by atoms with Crippen LogP contribution in [0.2, 0.25) is 0 Å². The van der Waals surface area contributed by atoms with Crippen LogP contribution in [0.15, 0.2) is 36.7 Å². The van der Waals surface area contributed by atoms with Crippen LogP contribution in [-0.4, -0.2) is 63.6 Å². The minimum Gasteiger partial charge on any atom is -0.354 e. The second-order valence-electron chi connectivity index (χ2n) is 6.77. The van der Waals surface area contributed by atoms with Crippen LogP contribution in [0.25, 0.3) is 5.65 Å². The van der Waals surface area contributed by atoms with Gasteiger partial charge in [0.05, 0.1) is 12.4 Å². The summed E-state index contributed by atoms with van der Waals surface area (Å²) in [6, 6.07) is 6.89. The molecule has 1 atom stereocenters. The topological polar surface area (TPSA) is 78.7 Å². The lowest BCUT2D eigenvalue weighted by molar-refractivity contribution is 0.102. The summed E-state index contributed by atoms with van der Waals surface area (Å²) < 4.78 is 14.5. The van der Waals surface area contributed by atoms with Crippen LogP contribution in [0, 0.1) is 5.82 Å². The maximum absolute atomic E-state index is 13.0. The number of hydrogen-bond donors (Lipinski definition) is 1. The Hall–Kier alpha value is -3.07. The highest BCUT2D eigenvalue weighted by Gasteiger charge is 2.25. The van der Waals surface area contributed by atoms with Gasteiger partial charge in [0.1, 0.15) is 17.5 Å². The molecule has 0 spiro atoms. The van der Waals surface area contributed by atoms with Crippen molar-refractivity contribution in [3.8, 4) is 0 Å². The molecular formula is C18H20FN7O. The fraction of sp³-hybridized carbons (Fsp3) is 0.333. The average Bonchev–Trinajstić information content (AvgIpc) is 3.30. The molecular weight excluding hydrogens is 349 g/mol. The molecule has 0 saturated carbocycles. The van der Waals surface area contributed by atoms with E-state index >= 15 is 0 Å². The summed E-state index contributed by atoms with van der Waals surface area (Å²) in [5, 5.41) is 7.24. The summed E-state index contributed by atoms with van der Waals surface area (Å²) in [5.41, 5.74) is 0.876. The summed E-state index contributed by atoms with van der Waals surface area (Å²) in [7, 11) is 4.15. The molecule has 0 bridgehead atoms. The third-order valence-corrected chi connectivity index (χ3v) is 4.77. The predicted molar refractivity (Wildman–Crippen MR) is 99.4 cm³/mol. The maximum Gasteiger partial charge on any atom is 0.277 e.